The third-order valence-electron chi connectivity index (χ3n) is 2.43. The largest absolute Gasteiger partial charge is 0.444 e. The second-order valence-electron chi connectivity index (χ2n) is 4.28. The quantitative estimate of drug-likeness (QED) is 0.911. The van der Waals surface area contributed by atoms with E-state index in [1.54, 1.807) is 6.26 Å². The predicted molar refractivity (Wildman–Crippen MR) is 76.6 cm³/mol. The lowest BCUT2D eigenvalue weighted by atomic mass is 10.2. The fourth-order valence-electron chi connectivity index (χ4n) is 1.49. The van der Waals surface area contributed by atoms with Gasteiger partial charge in [0, 0.05) is 17.1 Å². The molecule has 0 unspecified atom stereocenters. The van der Waals surface area contributed by atoms with Gasteiger partial charge in [-0.05, 0) is 28.1 Å². The molecule has 0 aliphatic heterocycles. The molecular weight excluding hydrogens is 316 g/mol. The Labute approximate surface area is 120 Å². The summed E-state index contributed by atoms with van der Waals surface area (Å²) in [7, 11) is 0. The van der Waals surface area contributed by atoms with Crippen LogP contribution in [0, 0.1) is 0 Å². The molecule has 0 atom stereocenters. The van der Waals surface area contributed by atoms with Crippen LogP contribution in [0.25, 0.3) is 11.5 Å². The van der Waals surface area contributed by atoms with E-state index in [4.69, 9.17) is 16.0 Å². The van der Waals surface area contributed by atoms with Gasteiger partial charge in [0.15, 0.2) is 0 Å². The van der Waals surface area contributed by atoms with Crippen LogP contribution in [0.4, 0.5) is 0 Å². The van der Waals surface area contributed by atoms with E-state index in [0.29, 0.717) is 23.5 Å². The van der Waals surface area contributed by atoms with E-state index in [-0.39, 0.29) is 0 Å². The Hall–Kier alpha value is -0.840. The molecule has 1 aromatic heterocycles. The van der Waals surface area contributed by atoms with Crippen molar-refractivity contribution in [3.63, 3.8) is 0 Å². The summed E-state index contributed by atoms with van der Waals surface area (Å²) < 4.78 is 6.30. The van der Waals surface area contributed by atoms with Gasteiger partial charge in [-0.3, -0.25) is 0 Å². The molecule has 0 fully saturated rings. The molecule has 0 saturated carbocycles. The van der Waals surface area contributed by atoms with Crippen LogP contribution >= 0.6 is 27.5 Å². The lowest BCUT2D eigenvalue weighted by Gasteiger charge is -2.04. The van der Waals surface area contributed by atoms with Crippen LogP contribution in [0.15, 0.2) is 33.4 Å². The molecule has 1 aromatic carbocycles. The number of hydrogen-bond donors (Lipinski definition) is 1. The molecule has 2 aromatic rings. The SMILES string of the molecule is CC(C)NCc1coc(-c2cccc(Br)c2Cl)n1. The summed E-state index contributed by atoms with van der Waals surface area (Å²) in [4.78, 5) is 4.42. The van der Waals surface area contributed by atoms with E-state index >= 15 is 0 Å². The van der Waals surface area contributed by atoms with Crippen LogP contribution in [0.2, 0.25) is 5.02 Å². The second-order valence-corrected chi connectivity index (χ2v) is 5.51. The predicted octanol–water partition coefficient (Wildman–Crippen LogP) is 4.26. The first-order valence-corrected chi connectivity index (χ1v) is 6.87. The minimum absolute atomic E-state index is 0.416. The molecule has 5 heteroatoms. The zero-order valence-corrected chi connectivity index (χ0v) is 12.5. The van der Waals surface area contributed by atoms with Gasteiger partial charge in [0.25, 0.3) is 0 Å². The summed E-state index contributed by atoms with van der Waals surface area (Å²) in [6.07, 6.45) is 1.65. The van der Waals surface area contributed by atoms with Crippen LogP contribution in [-0.2, 0) is 6.54 Å². The van der Waals surface area contributed by atoms with Crippen LogP contribution in [-0.4, -0.2) is 11.0 Å². The van der Waals surface area contributed by atoms with Gasteiger partial charge >= 0.3 is 0 Å². The van der Waals surface area contributed by atoms with Crippen molar-refractivity contribution in [3.8, 4) is 11.5 Å². The molecule has 3 nitrogen and oxygen atoms in total. The summed E-state index contributed by atoms with van der Waals surface area (Å²) in [6.45, 7) is 4.87. The number of aromatic nitrogens is 1. The molecule has 2 rings (SSSR count). The Morgan fingerprint density at radius 1 is 1.44 bits per heavy atom. The molecule has 0 radical (unpaired) electrons. The van der Waals surface area contributed by atoms with Gasteiger partial charge in [0.1, 0.15) is 6.26 Å². The van der Waals surface area contributed by atoms with Gasteiger partial charge in [-0.1, -0.05) is 31.5 Å². The lowest BCUT2D eigenvalue weighted by Crippen LogP contribution is -2.21. The second kappa shape index (κ2) is 5.87. The normalized spacial score (nSPS) is 11.2. The van der Waals surface area contributed by atoms with Gasteiger partial charge in [-0.25, -0.2) is 4.98 Å². The van der Waals surface area contributed by atoms with E-state index < -0.39 is 0 Å². The minimum atomic E-state index is 0.416. The van der Waals surface area contributed by atoms with Crippen LogP contribution in [0.3, 0.4) is 0 Å². The van der Waals surface area contributed by atoms with E-state index in [9.17, 15) is 0 Å². The zero-order valence-electron chi connectivity index (χ0n) is 10.2. The number of nitrogens with zero attached hydrogens (tertiary/aromatic N) is 1. The van der Waals surface area contributed by atoms with Gasteiger partial charge in [0.2, 0.25) is 5.89 Å². The highest BCUT2D eigenvalue weighted by atomic mass is 79.9. The third-order valence-corrected chi connectivity index (χ3v) is 3.72. The maximum absolute atomic E-state index is 6.20. The van der Waals surface area contributed by atoms with Crippen LogP contribution in [0.5, 0.6) is 0 Å². The monoisotopic (exact) mass is 328 g/mol. The van der Waals surface area contributed by atoms with Crippen LogP contribution in [0.1, 0.15) is 19.5 Å². The smallest absolute Gasteiger partial charge is 0.227 e. The fourth-order valence-corrected chi connectivity index (χ4v) is 2.06. The van der Waals surface area contributed by atoms with Gasteiger partial charge in [-0.2, -0.15) is 0 Å². The summed E-state index contributed by atoms with van der Waals surface area (Å²) in [5, 5.41) is 3.90. The Balaban J connectivity index is 2.21. The summed E-state index contributed by atoms with van der Waals surface area (Å²) in [5.41, 5.74) is 1.66. The molecule has 1 heterocycles. The Morgan fingerprint density at radius 2 is 2.22 bits per heavy atom. The molecule has 0 bridgehead atoms. The van der Waals surface area contributed by atoms with Crippen molar-refractivity contribution in [1.82, 2.24) is 10.3 Å². The first kappa shape index (κ1) is 13.6. The van der Waals surface area contributed by atoms with Gasteiger partial charge in [0.05, 0.1) is 16.3 Å². The number of oxazole rings is 1. The molecule has 0 aliphatic carbocycles. The van der Waals surface area contributed by atoms with E-state index in [0.717, 1.165) is 15.7 Å². The lowest BCUT2D eigenvalue weighted by molar-refractivity contribution is 0.560. The van der Waals surface area contributed by atoms with Gasteiger partial charge in [-0.15, -0.1) is 0 Å². The fraction of sp³-hybridized carbons (Fsp3) is 0.308. The highest BCUT2D eigenvalue weighted by molar-refractivity contribution is 9.10. The molecule has 0 saturated heterocycles. The summed E-state index contributed by atoms with van der Waals surface area (Å²) in [5.74, 6) is 0.543. The van der Waals surface area contributed by atoms with Crippen LogP contribution < -0.4 is 5.32 Å². The number of nitrogens with one attached hydrogen (secondary N) is 1. The first-order valence-electron chi connectivity index (χ1n) is 5.70. The van der Waals surface area contributed by atoms with Crippen molar-refractivity contribution < 1.29 is 4.42 Å². The highest BCUT2D eigenvalue weighted by Crippen LogP contribution is 2.33. The molecule has 0 spiro atoms. The standard InChI is InChI=1S/C13H14BrClN2O/c1-8(2)16-6-9-7-18-13(17-9)10-4-3-5-11(14)12(10)15/h3-5,7-8,16H,6H2,1-2H3. The molecule has 0 amide bonds. The van der Waals surface area contributed by atoms with Crippen molar-refractivity contribution in [2.45, 2.75) is 26.4 Å². The van der Waals surface area contributed by atoms with Crippen molar-refractivity contribution in [3.05, 3.63) is 39.7 Å². The van der Waals surface area contributed by atoms with E-state index in [2.05, 4.69) is 40.1 Å². The molecular formula is C13H14BrClN2O. The van der Waals surface area contributed by atoms with Crippen molar-refractivity contribution in [1.29, 1.82) is 0 Å². The van der Waals surface area contributed by atoms with Crippen molar-refractivity contribution in [2.75, 3.05) is 0 Å². The molecule has 0 aliphatic rings. The zero-order chi connectivity index (χ0) is 13.1. The maximum Gasteiger partial charge on any atom is 0.227 e. The minimum Gasteiger partial charge on any atom is -0.444 e. The Kier molecular flexibility index (Phi) is 4.43. The summed E-state index contributed by atoms with van der Waals surface area (Å²) in [6, 6.07) is 6.09. The van der Waals surface area contributed by atoms with Crippen molar-refractivity contribution in [2.24, 2.45) is 0 Å². The first-order chi connectivity index (χ1) is 8.58. The average molecular weight is 330 g/mol. The Morgan fingerprint density at radius 3 is 2.94 bits per heavy atom. The number of hydrogen-bond acceptors (Lipinski definition) is 3. The molecule has 1 N–H and O–H groups in total. The van der Waals surface area contributed by atoms with E-state index in [1.807, 2.05) is 18.2 Å². The number of rotatable bonds is 4. The van der Waals surface area contributed by atoms with E-state index in [1.165, 1.54) is 0 Å². The maximum atomic E-state index is 6.20. The number of halogens is 2. The third kappa shape index (κ3) is 3.13. The van der Waals surface area contributed by atoms with Crippen molar-refractivity contribution >= 4 is 27.5 Å². The number of benzene rings is 1. The highest BCUT2D eigenvalue weighted by Gasteiger charge is 2.12. The topological polar surface area (TPSA) is 38.1 Å². The molecule has 96 valence electrons. The Bertz CT molecular complexity index is 540. The summed E-state index contributed by atoms with van der Waals surface area (Å²) >= 11 is 9.59. The molecule has 18 heavy (non-hydrogen) atoms. The average Bonchev–Trinajstić information content (AvgIpc) is 2.78. The van der Waals surface area contributed by atoms with Gasteiger partial charge < -0.3 is 9.73 Å².